The molecule has 0 amide bonds. The van der Waals surface area contributed by atoms with Crippen LogP contribution in [0, 0.1) is 0 Å². The Morgan fingerprint density at radius 3 is 2.85 bits per heavy atom. The lowest BCUT2D eigenvalue weighted by molar-refractivity contribution is 0.414. The van der Waals surface area contributed by atoms with Gasteiger partial charge in [-0.15, -0.1) is 0 Å². The minimum atomic E-state index is 0.0320. The van der Waals surface area contributed by atoms with Crippen molar-refractivity contribution in [1.29, 1.82) is 0 Å². The first-order valence-corrected chi connectivity index (χ1v) is 9.60. The first kappa shape index (κ1) is 16.4. The highest BCUT2D eigenvalue weighted by Crippen LogP contribution is 2.31. The minimum Gasteiger partial charge on any atom is -0.497 e. The lowest BCUT2D eigenvalue weighted by atomic mass is 10.2. The molecule has 0 atom stereocenters. The molecule has 2 aromatic heterocycles. The molecular formula is C20H23N5O2. The van der Waals surface area contributed by atoms with Crippen molar-refractivity contribution >= 4 is 16.7 Å². The van der Waals surface area contributed by atoms with Crippen molar-refractivity contribution in [3.8, 4) is 5.75 Å². The maximum absolute atomic E-state index is 13.0. The van der Waals surface area contributed by atoms with Crippen molar-refractivity contribution in [2.75, 3.05) is 18.6 Å². The van der Waals surface area contributed by atoms with Gasteiger partial charge in [0.2, 0.25) is 0 Å². The third kappa shape index (κ3) is 2.69. The summed E-state index contributed by atoms with van der Waals surface area (Å²) >= 11 is 0. The zero-order valence-electron chi connectivity index (χ0n) is 15.5. The van der Waals surface area contributed by atoms with Gasteiger partial charge < -0.3 is 9.64 Å². The second-order valence-corrected chi connectivity index (χ2v) is 7.37. The van der Waals surface area contributed by atoms with Crippen LogP contribution in [0.1, 0.15) is 37.5 Å². The van der Waals surface area contributed by atoms with E-state index < -0.39 is 0 Å². The van der Waals surface area contributed by atoms with Crippen LogP contribution in [0.4, 0.5) is 5.69 Å². The van der Waals surface area contributed by atoms with Crippen LogP contribution in [0.3, 0.4) is 0 Å². The summed E-state index contributed by atoms with van der Waals surface area (Å²) in [5.41, 5.74) is 1.86. The third-order valence-electron chi connectivity index (χ3n) is 5.81. The summed E-state index contributed by atoms with van der Waals surface area (Å²) in [6.07, 6.45) is 6.38. The molecule has 0 N–H and O–H groups in total. The topological polar surface area (TPSA) is 65.2 Å². The Morgan fingerprint density at radius 2 is 2.04 bits per heavy atom. The number of aromatic nitrogens is 4. The van der Waals surface area contributed by atoms with Gasteiger partial charge in [-0.3, -0.25) is 9.36 Å². The maximum atomic E-state index is 13.0. The average molecular weight is 365 g/mol. The van der Waals surface area contributed by atoms with Gasteiger partial charge in [-0.05, 0) is 25.0 Å². The molecule has 1 aliphatic heterocycles. The Balaban J connectivity index is 1.55. The molecule has 3 aromatic rings. The van der Waals surface area contributed by atoms with Crippen molar-refractivity contribution in [3.05, 3.63) is 46.6 Å². The summed E-state index contributed by atoms with van der Waals surface area (Å²) in [7, 11) is 1.67. The predicted octanol–water partition coefficient (Wildman–Crippen LogP) is 2.74. The van der Waals surface area contributed by atoms with Crippen LogP contribution < -0.4 is 15.2 Å². The van der Waals surface area contributed by atoms with Gasteiger partial charge in [0.05, 0.1) is 25.9 Å². The van der Waals surface area contributed by atoms with Gasteiger partial charge in [0, 0.05) is 24.8 Å². The number of benzene rings is 1. The Hall–Kier alpha value is -2.83. The molecule has 0 saturated heterocycles. The highest BCUT2D eigenvalue weighted by atomic mass is 16.5. The van der Waals surface area contributed by atoms with E-state index in [9.17, 15) is 4.79 Å². The number of rotatable bonds is 3. The van der Waals surface area contributed by atoms with E-state index in [0.717, 1.165) is 42.3 Å². The molecule has 0 radical (unpaired) electrons. The van der Waals surface area contributed by atoms with Gasteiger partial charge in [0.1, 0.15) is 17.0 Å². The first-order chi connectivity index (χ1) is 13.2. The zero-order valence-corrected chi connectivity index (χ0v) is 15.5. The summed E-state index contributed by atoms with van der Waals surface area (Å²) < 4.78 is 9.13. The summed E-state index contributed by atoms with van der Waals surface area (Å²) in [5, 5.41) is 5.16. The molecule has 27 heavy (non-hydrogen) atoms. The summed E-state index contributed by atoms with van der Waals surface area (Å²) in [5.74, 6) is 1.64. The second-order valence-electron chi connectivity index (χ2n) is 7.37. The van der Waals surface area contributed by atoms with Gasteiger partial charge in [0.25, 0.3) is 5.56 Å². The molecule has 0 spiro atoms. The van der Waals surface area contributed by atoms with Gasteiger partial charge >= 0.3 is 0 Å². The Labute approximate surface area is 157 Å². The SMILES string of the molecule is COc1cccc(N2CCn3c(nc4c(cnn4C4CCCC4)c3=O)C2)c1. The predicted molar refractivity (Wildman–Crippen MR) is 103 cm³/mol. The van der Waals surface area contributed by atoms with E-state index >= 15 is 0 Å². The fourth-order valence-corrected chi connectivity index (χ4v) is 4.33. The van der Waals surface area contributed by atoms with E-state index in [-0.39, 0.29) is 5.56 Å². The van der Waals surface area contributed by atoms with E-state index in [1.165, 1.54) is 12.8 Å². The molecule has 1 aromatic carbocycles. The van der Waals surface area contributed by atoms with Crippen LogP contribution in [0.25, 0.3) is 11.0 Å². The van der Waals surface area contributed by atoms with Crippen LogP contribution in [0.5, 0.6) is 5.75 Å². The molecule has 5 rings (SSSR count). The fourth-order valence-electron chi connectivity index (χ4n) is 4.33. The van der Waals surface area contributed by atoms with Gasteiger partial charge in [-0.1, -0.05) is 18.9 Å². The van der Waals surface area contributed by atoms with Crippen molar-refractivity contribution in [1.82, 2.24) is 19.3 Å². The molecular weight excluding hydrogens is 342 g/mol. The number of hydrogen-bond donors (Lipinski definition) is 0. The van der Waals surface area contributed by atoms with E-state index in [0.29, 0.717) is 24.5 Å². The van der Waals surface area contributed by atoms with Crippen molar-refractivity contribution in [2.24, 2.45) is 0 Å². The van der Waals surface area contributed by atoms with Crippen LogP contribution >= 0.6 is 0 Å². The number of methoxy groups -OCH3 is 1. The molecule has 1 fully saturated rings. The summed E-state index contributed by atoms with van der Waals surface area (Å²) in [6, 6.07) is 8.39. The van der Waals surface area contributed by atoms with E-state index in [1.54, 1.807) is 17.9 Å². The number of nitrogens with zero attached hydrogens (tertiary/aromatic N) is 5. The van der Waals surface area contributed by atoms with Crippen LogP contribution in [0.15, 0.2) is 35.3 Å². The summed E-state index contributed by atoms with van der Waals surface area (Å²) in [6.45, 7) is 2.00. The third-order valence-corrected chi connectivity index (χ3v) is 5.81. The molecule has 0 bridgehead atoms. The molecule has 2 aliphatic rings. The van der Waals surface area contributed by atoms with Crippen LogP contribution in [-0.2, 0) is 13.1 Å². The van der Waals surface area contributed by atoms with Gasteiger partial charge in [-0.2, -0.15) is 5.10 Å². The van der Waals surface area contributed by atoms with Crippen molar-refractivity contribution in [3.63, 3.8) is 0 Å². The highest BCUT2D eigenvalue weighted by molar-refractivity contribution is 5.73. The number of ether oxygens (including phenoxy) is 1. The lowest BCUT2D eigenvalue weighted by Gasteiger charge is -2.31. The highest BCUT2D eigenvalue weighted by Gasteiger charge is 2.25. The quantitative estimate of drug-likeness (QED) is 0.714. The first-order valence-electron chi connectivity index (χ1n) is 9.60. The van der Waals surface area contributed by atoms with E-state index in [1.807, 2.05) is 22.9 Å². The monoisotopic (exact) mass is 365 g/mol. The number of fused-ring (bicyclic) bond motifs is 2. The maximum Gasteiger partial charge on any atom is 0.264 e. The Morgan fingerprint density at radius 1 is 1.19 bits per heavy atom. The number of hydrogen-bond acceptors (Lipinski definition) is 5. The standard InChI is InChI=1S/C20H23N5O2/c1-27-16-8-4-7-15(11-16)23-9-10-24-18(13-23)22-19-17(20(24)26)12-21-25(19)14-5-2-3-6-14/h4,7-8,11-12,14H,2-3,5-6,9-10,13H2,1H3. The average Bonchev–Trinajstić information content (AvgIpc) is 3.37. The summed E-state index contributed by atoms with van der Waals surface area (Å²) in [4.78, 5) is 20.1. The largest absolute Gasteiger partial charge is 0.497 e. The number of anilines is 1. The molecule has 7 nitrogen and oxygen atoms in total. The molecule has 3 heterocycles. The van der Waals surface area contributed by atoms with Crippen molar-refractivity contribution in [2.45, 2.75) is 44.8 Å². The Bertz CT molecular complexity index is 1050. The van der Waals surface area contributed by atoms with E-state index in [4.69, 9.17) is 9.72 Å². The molecule has 1 aliphatic carbocycles. The van der Waals surface area contributed by atoms with E-state index in [2.05, 4.69) is 16.1 Å². The van der Waals surface area contributed by atoms with Gasteiger partial charge in [0.15, 0.2) is 5.65 Å². The Kier molecular flexibility index (Phi) is 3.88. The molecule has 140 valence electrons. The van der Waals surface area contributed by atoms with Crippen LogP contribution in [-0.4, -0.2) is 33.0 Å². The lowest BCUT2D eigenvalue weighted by Crippen LogP contribution is -2.40. The van der Waals surface area contributed by atoms with Gasteiger partial charge in [-0.25, -0.2) is 9.67 Å². The zero-order chi connectivity index (χ0) is 18.4. The second kappa shape index (κ2) is 6.40. The van der Waals surface area contributed by atoms with Crippen molar-refractivity contribution < 1.29 is 4.74 Å². The smallest absolute Gasteiger partial charge is 0.264 e. The fraction of sp³-hybridized carbons (Fsp3) is 0.450. The molecule has 7 heteroatoms. The van der Waals surface area contributed by atoms with Crippen LogP contribution in [0.2, 0.25) is 0 Å². The normalized spacial score (nSPS) is 17.4. The molecule has 1 saturated carbocycles. The minimum absolute atomic E-state index is 0.0320. The molecule has 0 unspecified atom stereocenters.